The minimum Gasteiger partial charge on any atom is -0.385 e. The molecule has 8 heteroatoms. The maximum absolute atomic E-state index is 12.9. The number of nitrogens with one attached hydrogen (secondary N) is 2. The smallest absolute Gasteiger partial charge is 0.385 e. The quantitative estimate of drug-likeness (QED) is 0.617. The van der Waals surface area contributed by atoms with Gasteiger partial charge in [-0.3, -0.25) is 10.1 Å². The van der Waals surface area contributed by atoms with Crippen molar-refractivity contribution >= 4 is 17.1 Å². The number of non-ortho nitro benzene ring substituents is 1. The normalized spacial score (nSPS) is 16.4. The number of nitro groups is 1. The van der Waals surface area contributed by atoms with Crippen LogP contribution < -0.4 is 10.6 Å². The summed E-state index contributed by atoms with van der Waals surface area (Å²) in [5.41, 5.74) is -1.63. The summed E-state index contributed by atoms with van der Waals surface area (Å²) in [6, 6.07) is 3.91. The second-order valence-electron chi connectivity index (χ2n) is 5.16. The van der Waals surface area contributed by atoms with E-state index in [1.165, 1.54) is 12.1 Å². The molecule has 1 aromatic rings. The highest BCUT2D eigenvalue weighted by atomic mass is 19.4. The van der Waals surface area contributed by atoms with Gasteiger partial charge in [0.1, 0.15) is 5.54 Å². The minimum atomic E-state index is -4.37. The van der Waals surface area contributed by atoms with Gasteiger partial charge in [0, 0.05) is 30.1 Å². The topological polar surface area (TPSA) is 67.2 Å². The van der Waals surface area contributed by atoms with Crippen LogP contribution in [0, 0.1) is 10.1 Å². The van der Waals surface area contributed by atoms with Crippen LogP contribution in [0.1, 0.15) is 26.2 Å². The van der Waals surface area contributed by atoms with Crippen molar-refractivity contribution in [3.8, 4) is 0 Å². The third kappa shape index (κ3) is 3.37. The van der Waals surface area contributed by atoms with Gasteiger partial charge >= 0.3 is 6.18 Å². The molecular weight excluding hydrogens is 287 g/mol. The molecule has 0 atom stereocenters. The molecule has 0 saturated heterocycles. The molecule has 0 aromatic heterocycles. The van der Waals surface area contributed by atoms with Crippen LogP contribution in [0.15, 0.2) is 18.2 Å². The van der Waals surface area contributed by atoms with Crippen LogP contribution in [0.2, 0.25) is 0 Å². The monoisotopic (exact) mass is 303 g/mol. The summed E-state index contributed by atoms with van der Waals surface area (Å²) < 4.78 is 38.8. The summed E-state index contributed by atoms with van der Waals surface area (Å²) >= 11 is 0. The Bertz CT molecular complexity index is 542. The van der Waals surface area contributed by atoms with Crippen LogP contribution in [-0.4, -0.2) is 23.2 Å². The number of halogens is 3. The van der Waals surface area contributed by atoms with Gasteiger partial charge in [0.25, 0.3) is 5.69 Å². The van der Waals surface area contributed by atoms with E-state index in [1.54, 1.807) is 0 Å². The van der Waals surface area contributed by atoms with Crippen molar-refractivity contribution in [3.05, 3.63) is 28.3 Å². The van der Waals surface area contributed by atoms with Crippen LogP contribution in [0.5, 0.6) is 0 Å². The molecule has 0 unspecified atom stereocenters. The molecule has 0 heterocycles. The number of anilines is 2. The first-order chi connectivity index (χ1) is 9.77. The lowest BCUT2D eigenvalue weighted by Crippen LogP contribution is -2.38. The van der Waals surface area contributed by atoms with Crippen LogP contribution in [0.4, 0.5) is 30.2 Å². The van der Waals surface area contributed by atoms with Gasteiger partial charge in [0.05, 0.1) is 4.92 Å². The molecule has 0 spiro atoms. The Balaban J connectivity index is 2.26. The molecule has 21 heavy (non-hydrogen) atoms. The summed E-state index contributed by atoms with van der Waals surface area (Å²) in [5.74, 6) is 0. The third-order valence-electron chi connectivity index (χ3n) is 3.38. The standard InChI is InChI=1S/C13H16F3N3O2/c1-2-5-17-9-6-10(8-11(7-9)19(20)21)18-12(3-4-12)13(14,15)16/h6-8,17-18H,2-5H2,1H3. The SMILES string of the molecule is CCCNc1cc(NC2(C(F)(F)F)CC2)cc([N+](=O)[O-])c1. The van der Waals surface area contributed by atoms with E-state index < -0.39 is 16.6 Å². The first-order valence-electron chi connectivity index (χ1n) is 6.66. The summed E-state index contributed by atoms with van der Waals surface area (Å²) in [6.07, 6.45) is -3.60. The van der Waals surface area contributed by atoms with Crippen LogP contribution in [0.25, 0.3) is 0 Å². The van der Waals surface area contributed by atoms with E-state index in [0.29, 0.717) is 12.2 Å². The van der Waals surface area contributed by atoms with E-state index in [9.17, 15) is 23.3 Å². The van der Waals surface area contributed by atoms with Crippen molar-refractivity contribution in [1.29, 1.82) is 0 Å². The maximum Gasteiger partial charge on any atom is 0.411 e. The van der Waals surface area contributed by atoms with Gasteiger partial charge in [0.2, 0.25) is 0 Å². The molecule has 1 fully saturated rings. The lowest BCUT2D eigenvalue weighted by molar-refractivity contribution is -0.384. The first kappa shape index (κ1) is 15.4. The molecule has 0 radical (unpaired) electrons. The number of rotatable bonds is 6. The van der Waals surface area contributed by atoms with E-state index in [2.05, 4.69) is 10.6 Å². The van der Waals surface area contributed by atoms with Crippen LogP contribution >= 0.6 is 0 Å². The average molecular weight is 303 g/mol. The molecule has 1 saturated carbocycles. The van der Waals surface area contributed by atoms with Gasteiger partial charge in [-0.2, -0.15) is 13.2 Å². The number of hydrogen-bond acceptors (Lipinski definition) is 4. The number of alkyl halides is 3. The zero-order valence-corrected chi connectivity index (χ0v) is 11.5. The van der Waals surface area contributed by atoms with E-state index in [0.717, 1.165) is 12.5 Å². The molecule has 1 aliphatic carbocycles. The first-order valence-corrected chi connectivity index (χ1v) is 6.66. The Morgan fingerprint density at radius 1 is 1.29 bits per heavy atom. The van der Waals surface area contributed by atoms with Gasteiger partial charge in [-0.15, -0.1) is 0 Å². The zero-order valence-electron chi connectivity index (χ0n) is 11.5. The van der Waals surface area contributed by atoms with Crippen molar-refractivity contribution in [2.45, 2.75) is 37.9 Å². The predicted octanol–water partition coefficient (Wildman–Crippen LogP) is 3.92. The van der Waals surface area contributed by atoms with Gasteiger partial charge in [-0.25, -0.2) is 0 Å². The molecule has 0 amide bonds. The molecule has 1 aromatic carbocycles. The molecule has 5 nitrogen and oxygen atoms in total. The number of nitrogens with zero attached hydrogens (tertiary/aromatic N) is 1. The highest BCUT2D eigenvalue weighted by Crippen LogP contribution is 2.51. The Morgan fingerprint density at radius 2 is 1.90 bits per heavy atom. The summed E-state index contributed by atoms with van der Waals surface area (Å²) in [7, 11) is 0. The molecule has 1 aliphatic rings. The number of nitro benzene ring substituents is 1. The Kier molecular flexibility index (Phi) is 3.97. The van der Waals surface area contributed by atoms with Crippen LogP contribution in [0.3, 0.4) is 0 Å². The van der Waals surface area contributed by atoms with Crippen molar-refractivity contribution in [2.75, 3.05) is 17.2 Å². The Morgan fingerprint density at radius 3 is 2.38 bits per heavy atom. The van der Waals surface area contributed by atoms with Crippen molar-refractivity contribution in [2.24, 2.45) is 0 Å². The average Bonchev–Trinajstić information content (AvgIpc) is 3.16. The number of hydrogen-bond donors (Lipinski definition) is 2. The highest BCUT2D eigenvalue weighted by molar-refractivity contribution is 5.65. The fraction of sp³-hybridized carbons (Fsp3) is 0.538. The molecule has 0 bridgehead atoms. The fourth-order valence-corrected chi connectivity index (χ4v) is 2.04. The van der Waals surface area contributed by atoms with E-state index in [4.69, 9.17) is 0 Å². The second-order valence-corrected chi connectivity index (χ2v) is 5.16. The van der Waals surface area contributed by atoms with E-state index in [1.807, 2.05) is 6.92 Å². The predicted molar refractivity (Wildman–Crippen MR) is 73.5 cm³/mol. The Hall–Kier alpha value is -1.99. The van der Waals surface area contributed by atoms with Crippen molar-refractivity contribution < 1.29 is 18.1 Å². The largest absolute Gasteiger partial charge is 0.411 e. The molecule has 2 rings (SSSR count). The minimum absolute atomic E-state index is 0.0170. The van der Waals surface area contributed by atoms with Gasteiger partial charge in [0.15, 0.2) is 0 Å². The van der Waals surface area contributed by atoms with Crippen molar-refractivity contribution in [3.63, 3.8) is 0 Å². The lowest BCUT2D eigenvalue weighted by atomic mass is 10.2. The molecular formula is C13H16F3N3O2. The summed E-state index contributed by atoms with van der Waals surface area (Å²) in [6.45, 7) is 2.51. The molecule has 116 valence electrons. The van der Waals surface area contributed by atoms with Gasteiger partial charge in [-0.05, 0) is 25.3 Å². The maximum atomic E-state index is 12.9. The number of benzene rings is 1. The third-order valence-corrected chi connectivity index (χ3v) is 3.38. The van der Waals surface area contributed by atoms with E-state index >= 15 is 0 Å². The van der Waals surface area contributed by atoms with Gasteiger partial charge < -0.3 is 10.6 Å². The molecule has 2 N–H and O–H groups in total. The fourth-order valence-electron chi connectivity index (χ4n) is 2.04. The zero-order chi connectivity index (χ0) is 15.7. The Labute approximate surface area is 119 Å². The summed E-state index contributed by atoms with van der Waals surface area (Å²) in [5, 5.41) is 16.2. The van der Waals surface area contributed by atoms with Gasteiger partial charge in [-0.1, -0.05) is 6.92 Å². The second kappa shape index (κ2) is 5.42. The lowest BCUT2D eigenvalue weighted by Gasteiger charge is -2.22. The molecule has 0 aliphatic heterocycles. The van der Waals surface area contributed by atoms with E-state index in [-0.39, 0.29) is 24.2 Å². The highest BCUT2D eigenvalue weighted by Gasteiger charge is 2.63. The summed E-state index contributed by atoms with van der Waals surface area (Å²) in [4.78, 5) is 10.3. The van der Waals surface area contributed by atoms with Crippen LogP contribution in [-0.2, 0) is 0 Å². The van der Waals surface area contributed by atoms with Crippen molar-refractivity contribution in [1.82, 2.24) is 0 Å².